The van der Waals surface area contributed by atoms with Crippen molar-refractivity contribution in [3.8, 4) is 33.6 Å². The zero-order valence-corrected chi connectivity index (χ0v) is 31.2. The molecule has 13 aromatic rings. The zero-order valence-electron chi connectivity index (χ0n) is 31.2. The minimum absolute atomic E-state index is 0.883. The van der Waals surface area contributed by atoms with Crippen LogP contribution in [0.15, 0.2) is 203 Å². The van der Waals surface area contributed by atoms with Crippen molar-refractivity contribution in [3.63, 3.8) is 0 Å². The van der Waals surface area contributed by atoms with Crippen LogP contribution in [0.25, 0.3) is 121 Å². The van der Waals surface area contributed by atoms with Gasteiger partial charge in [-0.15, -0.1) is 0 Å². The van der Waals surface area contributed by atoms with Crippen molar-refractivity contribution in [2.24, 2.45) is 0 Å². The maximum Gasteiger partial charge on any atom is 0.159 e. The predicted octanol–water partition coefficient (Wildman–Crippen LogP) is 15.0. The molecule has 0 unspecified atom stereocenters. The van der Waals surface area contributed by atoms with Gasteiger partial charge in [0.05, 0.1) is 27.8 Å². The second-order valence-electron chi connectivity index (χ2n) is 15.2. The van der Waals surface area contributed by atoms with Crippen LogP contribution in [-0.2, 0) is 0 Å². The van der Waals surface area contributed by atoms with Gasteiger partial charge in [-0.1, -0.05) is 133 Å². The first-order valence-corrected chi connectivity index (χ1v) is 19.8. The second-order valence-corrected chi connectivity index (χ2v) is 15.2. The van der Waals surface area contributed by atoms with E-state index in [2.05, 4.69) is 185 Å². The van der Waals surface area contributed by atoms with Gasteiger partial charge in [-0.05, 0) is 82.9 Å². The van der Waals surface area contributed by atoms with Gasteiger partial charge in [0.15, 0.2) is 5.58 Å². The monoisotopic (exact) mass is 740 g/mol. The maximum absolute atomic E-state index is 6.66. The van der Waals surface area contributed by atoms with E-state index in [0.717, 1.165) is 77.4 Å². The molecule has 0 aliphatic heterocycles. The van der Waals surface area contributed by atoms with Crippen LogP contribution < -0.4 is 0 Å². The molecule has 270 valence electrons. The molecular formula is C54H32N2O2. The molecule has 0 fully saturated rings. The molecule has 4 aromatic heterocycles. The number of para-hydroxylation sites is 5. The van der Waals surface area contributed by atoms with Gasteiger partial charge in [0.2, 0.25) is 0 Å². The standard InChI is InChI=1S/C54H32N2O2/c1-2-13-33(14-3-1)36-28-29-46-53(42-18-5-9-21-45(42)56(46)47-22-12-19-41-39-16-6-11-24-50(39)58-54(41)47)52(36)34-25-27-38-37-15-4-8-20-44(37)55(48(38)31-34)35-26-30-51-43(32-35)40-17-7-10-23-49(40)57-51/h1-32H. The first-order valence-electron chi connectivity index (χ1n) is 19.8. The van der Waals surface area contributed by atoms with Crippen LogP contribution in [0.2, 0.25) is 0 Å². The Morgan fingerprint density at radius 1 is 0.328 bits per heavy atom. The van der Waals surface area contributed by atoms with E-state index in [9.17, 15) is 0 Å². The highest BCUT2D eigenvalue weighted by Gasteiger charge is 2.23. The molecule has 9 aromatic carbocycles. The molecule has 4 nitrogen and oxygen atoms in total. The molecule has 0 amide bonds. The molecule has 0 atom stereocenters. The van der Waals surface area contributed by atoms with Gasteiger partial charge in [0.1, 0.15) is 16.7 Å². The molecule has 4 heteroatoms. The average Bonchev–Trinajstić information content (AvgIpc) is 4.04. The van der Waals surface area contributed by atoms with Crippen molar-refractivity contribution >= 4 is 87.5 Å². The highest BCUT2D eigenvalue weighted by molar-refractivity contribution is 6.21. The van der Waals surface area contributed by atoms with E-state index in [1.807, 2.05) is 18.2 Å². The fraction of sp³-hybridized carbons (Fsp3) is 0. The number of hydrogen-bond donors (Lipinski definition) is 0. The van der Waals surface area contributed by atoms with Gasteiger partial charge >= 0.3 is 0 Å². The second kappa shape index (κ2) is 11.8. The summed E-state index contributed by atoms with van der Waals surface area (Å²) >= 11 is 0. The van der Waals surface area contributed by atoms with E-state index >= 15 is 0 Å². The van der Waals surface area contributed by atoms with Crippen LogP contribution in [-0.4, -0.2) is 9.13 Å². The molecular weight excluding hydrogens is 709 g/mol. The summed E-state index contributed by atoms with van der Waals surface area (Å²) in [5, 5.41) is 9.29. The molecule has 58 heavy (non-hydrogen) atoms. The summed E-state index contributed by atoms with van der Waals surface area (Å²) in [5.41, 5.74) is 15.0. The van der Waals surface area contributed by atoms with Crippen LogP contribution in [0.1, 0.15) is 0 Å². The largest absolute Gasteiger partial charge is 0.456 e. The van der Waals surface area contributed by atoms with E-state index < -0.39 is 0 Å². The summed E-state index contributed by atoms with van der Waals surface area (Å²) in [6, 6.07) is 69.7. The van der Waals surface area contributed by atoms with Crippen LogP contribution in [0, 0.1) is 0 Å². The van der Waals surface area contributed by atoms with Crippen molar-refractivity contribution in [2.75, 3.05) is 0 Å². The Labute approximate surface area is 332 Å². The van der Waals surface area contributed by atoms with E-state index in [0.29, 0.717) is 0 Å². The number of hydrogen-bond acceptors (Lipinski definition) is 2. The SMILES string of the molecule is c1ccc(-c2ccc3c(c2-c2ccc4c5ccccc5n(-c5ccc6oc7ccccc7c6c5)c4c2)c2ccccc2n3-c2cccc3c2oc2ccccc23)cc1. The lowest BCUT2D eigenvalue weighted by Crippen LogP contribution is -1.96. The van der Waals surface area contributed by atoms with Gasteiger partial charge in [0, 0.05) is 48.8 Å². The van der Waals surface area contributed by atoms with Gasteiger partial charge in [-0.3, -0.25) is 0 Å². The molecule has 0 saturated carbocycles. The summed E-state index contributed by atoms with van der Waals surface area (Å²) in [4.78, 5) is 0. The predicted molar refractivity (Wildman–Crippen MR) is 241 cm³/mol. The molecule has 4 heterocycles. The lowest BCUT2D eigenvalue weighted by molar-refractivity contribution is 0.666. The highest BCUT2D eigenvalue weighted by atomic mass is 16.3. The number of aromatic nitrogens is 2. The first-order chi connectivity index (χ1) is 28.8. The molecule has 0 radical (unpaired) electrons. The Morgan fingerprint density at radius 3 is 1.79 bits per heavy atom. The lowest BCUT2D eigenvalue weighted by atomic mass is 9.90. The minimum Gasteiger partial charge on any atom is -0.456 e. The molecule has 13 rings (SSSR count). The van der Waals surface area contributed by atoms with E-state index in [4.69, 9.17) is 8.83 Å². The normalized spacial score (nSPS) is 12.1. The molecule has 0 spiro atoms. The van der Waals surface area contributed by atoms with E-state index in [1.165, 1.54) is 43.8 Å². The Hall–Kier alpha value is -7.82. The zero-order chi connectivity index (χ0) is 37.9. The van der Waals surface area contributed by atoms with Crippen molar-refractivity contribution < 1.29 is 8.83 Å². The molecule has 0 aliphatic carbocycles. The minimum atomic E-state index is 0.883. The Balaban J connectivity index is 1.14. The summed E-state index contributed by atoms with van der Waals surface area (Å²) in [6.07, 6.45) is 0. The number of rotatable bonds is 4. The molecule has 0 saturated heterocycles. The van der Waals surface area contributed by atoms with Crippen LogP contribution in [0.3, 0.4) is 0 Å². The summed E-state index contributed by atoms with van der Waals surface area (Å²) < 4.78 is 17.7. The van der Waals surface area contributed by atoms with Crippen molar-refractivity contribution in [1.29, 1.82) is 0 Å². The summed E-state index contributed by atoms with van der Waals surface area (Å²) in [7, 11) is 0. The van der Waals surface area contributed by atoms with E-state index in [1.54, 1.807) is 0 Å². The van der Waals surface area contributed by atoms with Crippen LogP contribution in [0.4, 0.5) is 0 Å². The third-order valence-corrected chi connectivity index (χ3v) is 12.1. The summed E-state index contributed by atoms with van der Waals surface area (Å²) in [5.74, 6) is 0. The van der Waals surface area contributed by atoms with Gasteiger partial charge in [0.25, 0.3) is 0 Å². The fourth-order valence-corrected chi connectivity index (χ4v) is 9.64. The highest BCUT2D eigenvalue weighted by Crippen LogP contribution is 2.46. The quantitative estimate of drug-likeness (QED) is 0.180. The third-order valence-electron chi connectivity index (χ3n) is 12.1. The van der Waals surface area contributed by atoms with Crippen molar-refractivity contribution in [1.82, 2.24) is 9.13 Å². The fourth-order valence-electron chi connectivity index (χ4n) is 9.64. The van der Waals surface area contributed by atoms with Crippen LogP contribution >= 0.6 is 0 Å². The Bertz CT molecular complexity index is 3800. The average molecular weight is 741 g/mol. The first kappa shape index (κ1) is 31.4. The Morgan fingerprint density at radius 2 is 0.966 bits per heavy atom. The maximum atomic E-state index is 6.66. The number of benzene rings is 9. The van der Waals surface area contributed by atoms with Crippen molar-refractivity contribution in [3.05, 3.63) is 194 Å². The summed E-state index contributed by atoms with van der Waals surface area (Å²) in [6.45, 7) is 0. The molecule has 0 aliphatic rings. The topological polar surface area (TPSA) is 36.1 Å². The van der Waals surface area contributed by atoms with Crippen molar-refractivity contribution in [2.45, 2.75) is 0 Å². The number of furan rings is 2. The third kappa shape index (κ3) is 4.34. The number of fused-ring (bicyclic) bond motifs is 12. The van der Waals surface area contributed by atoms with Gasteiger partial charge < -0.3 is 18.0 Å². The lowest BCUT2D eigenvalue weighted by Gasteiger charge is -2.15. The molecule has 0 N–H and O–H groups in total. The number of nitrogens with zero attached hydrogens (tertiary/aromatic N) is 2. The smallest absolute Gasteiger partial charge is 0.159 e. The van der Waals surface area contributed by atoms with Gasteiger partial charge in [-0.2, -0.15) is 0 Å². The Kier molecular flexibility index (Phi) is 6.41. The van der Waals surface area contributed by atoms with Gasteiger partial charge in [-0.25, -0.2) is 0 Å². The van der Waals surface area contributed by atoms with E-state index in [-0.39, 0.29) is 0 Å². The molecule has 0 bridgehead atoms. The van der Waals surface area contributed by atoms with Crippen LogP contribution in [0.5, 0.6) is 0 Å².